The van der Waals surface area contributed by atoms with Gasteiger partial charge in [0.25, 0.3) is 0 Å². The van der Waals surface area contributed by atoms with Crippen molar-refractivity contribution in [2.75, 3.05) is 39.5 Å². The minimum Gasteiger partial charge on any atom is -0.396 e. The molecule has 2 atom stereocenters. The van der Waals surface area contributed by atoms with Crippen molar-refractivity contribution >= 4 is 52.9 Å². The lowest BCUT2D eigenvalue weighted by Crippen LogP contribution is -2.40. The van der Waals surface area contributed by atoms with Gasteiger partial charge in [0.2, 0.25) is 0 Å². The monoisotopic (exact) mass is 503 g/mol. The van der Waals surface area contributed by atoms with E-state index in [9.17, 15) is 10.2 Å². The molecule has 25 heavy (non-hydrogen) atoms. The first-order valence-electron chi connectivity index (χ1n) is 8.22. The largest absolute Gasteiger partial charge is 0.396 e. The molecule has 0 amide bonds. The Morgan fingerprint density at radius 2 is 2.28 bits per heavy atom. The summed E-state index contributed by atoms with van der Waals surface area (Å²) in [6.07, 6.45) is 0.964. The van der Waals surface area contributed by atoms with Gasteiger partial charge in [-0.25, -0.2) is 0 Å². The van der Waals surface area contributed by atoms with E-state index in [1.54, 1.807) is 6.07 Å². The lowest BCUT2D eigenvalue weighted by atomic mass is 9.84. The minimum atomic E-state index is -0.632. The van der Waals surface area contributed by atoms with Gasteiger partial charge in [0, 0.05) is 36.6 Å². The molecule has 9 heteroatoms. The quantitative estimate of drug-likeness (QED) is 0.249. The number of hydrogen-bond acceptors (Lipinski definition) is 5. The second-order valence-corrected chi connectivity index (χ2v) is 7.76. The molecule has 0 spiro atoms. The van der Waals surface area contributed by atoms with Crippen molar-refractivity contribution < 1.29 is 14.9 Å². The summed E-state index contributed by atoms with van der Waals surface area (Å²) in [6, 6.07) is 3.61. The first-order valence-corrected chi connectivity index (χ1v) is 9.42. The van der Waals surface area contributed by atoms with E-state index in [1.165, 1.54) is 11.3 Å². The molecule has 1 aromatic rings. The number of guanidine groups is 1. The van der Waals surface area contributed by atoms with Crippen LogP contribution in [0, 0.1) is 5.41 Å². The van der Waals surface area contributed by atoms with Crippen LogP contribution in [-0.2, 0) is 4.74 Å². The fourth-order valence-electron chi connectivity index (χ4n) is 2.68. The molecule has 1 aromatic heterocycles. The van der Waals surface area contributed by atoms with Crippen LogP contribution in [0.2, 0.25) is 4.34 Å². The summed E-state index contributed by atoms with van der Waals surface area (Å²) in [4.78, 5) is 5.45. The molecule has 1 saturated heterocycles. The van der Waals surface area contributed by atoms with Crippen LogP contribution >= 0.6 is 46.9 Å². The van der Waals surface area contributed by atoms with Gasteiger partial charge >= 0.3 is 0 Å². The van der Waals surface area contributed by atoms with E-state index in [0.717, 1.165) is 24.4 Å². The summed E-state index contributed by atoms with van der Waals surface area (Å²) < 4.78 is 6.16. The van der Waals surface area contributed by atoms with E-state index in [2.05, 4.69) is 15.6 Å². The Labute approximate surface area is 175 Å². The number of aliphatic hydroxyl groups is 2. The lowest BCUT2D eigenvalue weighted by molar-refractivity contribution is 0.131. The number of nitrogens with one attached hydrogen (secondary N) is 2. The molecule has 144 valence electrons. The van der Waals surface area contributed by atoms with E-state index < -0.39 is 6.10 Å². The first kappa shape index (κ1) is 22.9. The third-order valence-corrected chi connectivity index (χ3v) is 5.46. The van der Waals surface area contributed by atoms with Gasteiger partial charge in [-0.05, 0) is 31.9 Å². The van der Waals surface area contributed by atoms with Gasteiger partial charge in [0.1, 0.15) is 6.10 Å². The van der Waals surface area contributed by atoms with Crippen LogP contribution < -0.4 is 10.6 Å². The van der Waals surface area contributed by atoms with Gasteiger partial charge in [0.15, 0.2) is 5.96 Å². The van der Waals surface area contributed by atoms with E-state index in [-0.39, 0.29) is 36.0 Å². The Hall–Kier alpha value is -0.130. The van der Waals surface area contributed by atoms with Gasteiger partial charge in [0.05, 0.1) is 17.5 Å². The van der Waals surface area contributed by atoms with Gasteiger partial charge in [-0.3, -0.25) is 4.99 Å². The van der Waals surface area contributed by atoms with Crippen molar-refractivity contribution in [1.29, 1.82) is 0 Å². The molecule has 0 aromatic carbocycles. The topological polar surface area (TPSA) is 86.1 Å². The summed E-state index contributed by atoms with van der Waals surface area (Å²) in [5, 5.41) is 25.8. The number of ether oxygens (including phenoxy) is 1. The highest BCUT2D eigenvalue weighted by molar-refractivity contribution is 14.0. The third-order valence-electron chi connectivity index (χ3n) is 4.13. The molecule has 0 saturated carbocycles. The lowest BCUT2D eigenvalue weighted by Gasteiger charge is -2.25. The zero-order valence-electron chi connectivity index (χ0n) is 14.3. The van der Waals surface area contributed by atoms with Crippen LogP contribution in [0.5, 0.6) is 0 Å². The van der Waals surface area contributed by atoms with Crippen LogP contribution in [0.1, 0.15) is 30.7 Å². The van der Waals surface area contributed by atoms with Gasteiger partial charge in [-0.1, -0.05) is 11.6 Å². The van der Waals surface area contributed by atoms with Crippen molar-refractivity contribution in [1.82, 2.24) is 10.6 Å². The number of thiophene rings is 1. The Morgan fingerprint density at radius 3 is 2.84 bits per heavy atom. The van der Waals surface area contributed by atoms with Crippen LogP contribution in [0.25, 0.3) is 0 Å². The predicted molar refractivity (Wildman–Crippen MR) is 113 cm³/mol. The van der Waals surface area contributed by atoms with E-state index >= 15 is 0 Å². The predicted octanol–water partition coefficient (Wildman–Crippen LogP) is 2.40. The van der Waals surface area contributed by atoms with Gasteiger partial charge < -0.3 is 25.6 Å². The van der Waals surface area contributed by atoms with Crippen molar-refractivity contribution in [3.63, 3.8) is 0 Å². The highest BCUT2D eigenvalue weighted by atomic mass is 127. The Kier molecular flexibility index (Phi) is 10.6. The molecule has 0 radical (unpaired) electrons. The molecule has 1 fully saturated rings. The van der Waals surface area contributed by atoms with E-state index in [4.69, 9.17) is 16.3 Å². The van der Waals surface area contributed by atoms with Gasteiger partial charge in [-0.2, -0.15) is 0 Å². The number of hydrogen-bond donors (Lipinski definition) is 4. The molecule has 4 N–H and O–H groups in total. The molecule has 1 aliphatic rings. The maximum atomic E-state index is 10.2. The Balaban J connectivity index is 0.00000312. The van der Waals surface area contributed by atoms with Crippen molar-refractivity contribution in [2.24, 2.45) is 10.4 Å². The molecule has 2 heterocycles. The highest BCUT2D eigenvalue weighted by Crippen LogP contribution is 2.32. The SMILES string of the molecule is CCNC(=NCC1(CCO)CCOC1)NCC(O)c1ccc(Cl)s1.I. The number of aliphatic imine (C=N–C) groups is 1. The van der Waals surface area contributed by atoms with Crippen LogP contribution in [0.3, 0.4) is 0 Å². The summed E-state index contributed by atoms with van der Waals surface area (Å²) >= 11 is 7.27. The Bertz CT molecular complexity index is 538. The van der Waals surface area contributed by atoms with E-state index in [1.807, 2.05) is 13.0 Å². The third kappa shape index (κ3) is 7.18. The second kappa shape index (κ2) is 11.6. The van der Waals surface area contributed by atoms with Crippen LogP contribution in [-0.4, -0.2) is 55.6 Å². The molecule has 1 aliphatic heterocycles. The maximum Gasteiger partial charge on any atom is 0.191 e. The fourth-order valence-corrected chi connectivity index (χ4v) is 3.72. The van der Waals surface area contributed by atoms with Crippen molar-refractivity contribution in [3.05, 3.63) is 21.3 Å². The molecule has 2 rings (SSSR count). The van der Waals surface area contributed by atoms with Crippen molar-refractivity contribution in [2.45, 2.75) is 25.9 Å². The average molecular weight is 504 g/mol. The smallest absolute Gasteiger partial charge is 0.191 e. The molecule has 0 bridgehead atoms. The zero-order valence-corrected chi connectivity index (χ0v) is 18.2. The van der Waals surface area contributed by atoms with E-state index in [0.29, 0.717) is 36.4 Å². The summed E-state index contributed by atoms with van der Waals surface area (Å²) in [5.41, 5.74) is -0.0863. The number of aliphatic hydroxyl groups excluding tert-OH is 2. The summed E-state index contributed by atoms with van der Waals surface area (Å²) in [6.45, 7) is 5.16. The molecular formula is C16H27ClIN3O3S. The normalized spacial score (nSPS) is 21.7. The average Bonchev–Trinajstić information content (AvgIpc) is 3.20. The zero-order chi connectivity index (χ0) is 17.4. The number of rotatable bonds is 8. The molecule has 2 unspecified atom stereocenters. The highest BCUT2D eigenvalue weighted by Gasteiger charge is 2.34. The number of halogens is 2. The molecular weight excluding hydrogens is 477 g/mol. The van der Waals surface area contributed by atoms with Crippen LogP contribution in [0.4, 0.5) is 0 Å². The maximum absolute atomic E-state index is 10.2. The summed E-state index contributed by atoms with van der Waals surface area (Å²) in [5.74, 6) is 0.656. The molecule has 6 nitrogen and oxygen atoms in total. The molecule has 0 aliphatic carbocycles. The minimum absolute atomic E-state index is 0. The fraction of sp³-hybridized carbons (Fsp3) is 0.688. The number of nitrogens with zero attached hydrogens (tertiary/aromatic N) is 1. The standard InChI is InChI=1S/C16H26ClN3O3S.HI/c1-2-18-15(19-9-12(22)13-3-4-14(17)24-13)20-10-16(5-7-21)6-8-23-11-16;/h3-4,12,21-22H,2,5-11H2,1H3,(H2,18,19,20);1H. The van der Waals surface area contributed by atoms with Crippen molar-refractivity contribution in [3.8, 4) is 0 Å². The van der Waals surface area contributed by atoms with Crippen LogP contribution in [0.15, 0.2) is 17.1 Å². The van der Waals surface area contributed by atoms with Gasteiger partial charge in [-0.15, -0.1) is 35.3 Å². The first-order chi connectivity index (χ1) is 11.6. The second-order valence-electron chi connectivity index (χ2n) is 6.01. The summed E-state index contributed by atoms with van der Waals surface area (Å²) in [7, 11) is 0. The Morgan fingerprint density at radius 1 is 1.48 bits per heavy atom.